The number of imide groups is 1. The van der Waals surface area contributed by atoms with E-state index in [4.69, 9.17) is 0 Å². The molecule has 2 amide bonds. The first-order chi connectivity index (χ1) is 7.72. The maximum Gasteiger partial charge on any atom is 0.244 e. The third-order valence-electron chi connectivity index (χ3n) is 2.55. The minimum Gasteiger partial charge on any atom is -0.294 e. The highest BCUT2D eigenvalue weighted by atomic mass is 32.2. The molecule has 1 aliphatic heterocycles. The maximum atomic E-state index is 11.7. The summed E-state index contributed by atoms with van der Waals surface area (Å²) >= 11 is 1.44. The SMILES string of the molecule is CC[C@H]1S[C@@H](c2ccccc2)C(=O)NC1=O. The lowest BCUT2D eigenvalue weighted by atomic mass is 10.1. The largest absolute Gasteiger partial charge is 0.294 e. The number of carbonyl (C=O) groups excluding carboxylic acids is 2. The third kappa shape index (κ3) is 2.11. The van der Waals surface area contributed by atoms with E-state index in [1.165, 1.54) is 11.8 Å². The van der Waals surface area contributed by atoms with Crippen LogP contribution in [0.15, 0.2) is 30.3 Å². The van der Waals surface area contributed by atoms with Gasteiger partial charge < -0.3 is 0 Å². The molecule has 16 heavy (non-hydrogen) atoms. The standard InChI is InChI=1S/C12H13NO2S/c1-2-9-11(14)13-12(15)10(16-9)8-6-4-3-5-7-8/h3-7,9-10H,2H2,1H3,(H,13,14,15)/t9-,10+/m1/s1. The van der Waals surface area contributed by atoms with Gasteiger partial charge in [0.15, 0.2) is 0 Å². The fourth-order valence-electron chi connectivity index (χ4n) is 1.69. The van der Waals surface area contributed by atoms with E-state index in [-0.39, 0.29) is 22.3 Å². The van der Waals surface area contributed by atoms with Crippen LogP contribution >= 0.6 is 11.8 Å². The van der Waals surface area contributed by atoms with Crippen molar-refractivity contribution in [2.24, 2.45) is 0 Å². The number of thioether (sulfide) groups is 1. The number of hydrogen-bond donors (Lipinski definition) is 1. The van der Waals surface area contributed by atoms with E-state index in [2.05, 4.69) is 5.32 Å². The minimum absolute atomic E-state index is 0.122. The predicted molar refractivity (Wildman–Crippen MR) is 64.0 cm³/mol. The molecule has 0 spiro atoms. The van der Waals surface area contributed by atoms with Crippen LogP contribution in [0.4, 0.5) is 0 Å². The fourth-order valence-corrected chi connectivity index (χ4v) is 2.90. The van der Waals surface area contributed by atoms with E-state index in [0.717, 1.165) is 12.0 Å². The van der Waals surface area contributed by atoms with Crippen molar-refractivity contribution >= 4 is 23.6 Å². The number of hydrogen-bond acceptors (Lipinski definition) is 3. The normalized spacial score (nSPS) is 25.3. The van der Waals surface area contributed by atoms with Crippen LogP contribution in [0.5, 0.6) is 0 Å². The number of rotatable bonds is 2. The lowest BCUT2D eigenvalue weighted by Crippen LogP contribution is -2.44. The van der Waals surface area contributed by atoms with Gasteiger partial charge in [0, 0.05) is 0 Å². The quantitative estimate of drug-likeness (QED) is 0.796. The predicted octanol–water partition coefficient (Wildman–Crippen LogP) is 1.90. The molecule has 84 valence electrons. The molecule has 1 aromatic carbocycles. The Morgan fingerprint density at radius 1 is 1.19 bits per heavy atom. The molecule has 0 unspecified atom stereocenters. The molecule has 2 atom stereocenters. The van der Waals surface area contributed by atoms with E-state index in [1.54, 1.807) is 0 Å². The summed E-state index contributed by atoms with van der Waals surface area (Å²) < 4.78 is 0. The van der Waals surface area contributed by atoms with E-state index >= 15 is 0 Å². The second-order valence-corrected chi connectivity index (χ2v) is 4.99. The smallest absolute Gasteiger partial charge is 0.244 e. The summed E-state index contributed by atoms with van der Waals surface area (Å²) in [5.41, 5.74) is 0.955. The zero-order valence-electron chi connectivity index (χ0n) is 8.97. The van der Waals surface area contributed by atoms with Crippen molar-refractivity contribution in [2.75, 3.05) is 0 Å². The summed E-state index contributed by atoms with van der Waals surface area (Å²) in [6.45, 7) is 1.95. The van der Waals surface area contributed by atoms with Crippen molar-refractivity contribution in [3.63, 3.8) is 0 Å². The molecule has 0 bridgehead atoms. The van der Waals surface area contributed by atoms with Crippen LogP contribution in [0.25, 0.3) is 0 Å². The van der Waals surface area contributed by atoms with Crippen molar-refractivity contribution < 1.29 is 9.59 Å². The Bertz CT molecular complexity index is 405. The molecule has 1 saturated heterocycles. The number of benzene rings is 1. The van der Waals surface area contributed by atoms with Crippen LogP contribution in [0, 0.1) is 0 Å². The Kier molecular flexibility index (Phi) is 3.29. The van der Waals surface area contributed by atoms with Crippen molar-refractivity contribution in [3.05, 3.63) is 35.9 Å². The number of nitrogens with one attached hydrogen (secondary N) is 1. The van der Waals surface area contributed by atoms with Gasteiger partial charge in [-0.2, -0.15) is 0 Å². The first-order valence-electron chi connectivity index (χ1n) is 5.27. The zero-order valence-corrected chi connectivity index (χ0v) is 9.79. The summed E-state index contributed by atoms with van der Waals surface area (Å²) in [5, 5.41) is 2.05. The average molecular weight is 235 g/mol. The summed E-state index contributed by atoms with van der Waals surface area (Å²) in [7, 11) is 0. The minimum atomic E-state index is -0.260. The van der Waals surface area contributed by atoms with Crippen LogP contribution in [0.3, 0.4) is 0 Å². The first-order valence-corrected chi connectivity index (χ1v) is 6.21. The monoisotopic (exact) mass is 235 g/mol. The van der Waals surface area contributed by atoms with Gasteiger partial charge >= 0.3 is 0 Å². The maximum absolute atomic E-state index is 11.7. The van der Waals surface area contributed by atoms with Crippen LogP contribution in [0.1, 0.15) is 24.2 Å². The van der Waals surface area contributed by atoms with E-state index in [9.17, 15) is 9.59 Å². The van der Waals surface area contributed by atoms with Gasteiger partial charge in [-0.1, -0.05) is 37.3 Å². The number of amides is 2. The second-order valence-electron chi connectivity index (χ2n) is 3.68. The summed E-state index contributed by atoms with van der Waals surface area (Å²) in [6, 6.07) is 9.55. The molecule has 1 fully saturated rings. The summed E-state index contributed by atoms with van der Waals surface area (Å²) in [5.74, 6) is -0.365. The molecule has 0 aromatic heterocycles. The van der Waals surface area contributed by atoms with Gasteiger partial charge in [-0.05, 0) is 12.0 Å². The zero-order chi connectivity index (χ0) is 11.5. The highest BCUT2D eigenvalue weighted by molar-refractivity contribution is 8.01. The highest BCUT2D eigenvalue weighted by Crippen LogP contribution is 2.36. The van der Waals surface area contributed by atoms with Crippen molar-refractivity contribution in [3.8, 4) is 0 Å². The van der Waals surface area contributed by atoms with E-state index in [1.807, 2.05) is 37.3 Å². The van der Waals surface area contributed by atoms with Gasteiger partial charge in [-0.15, -0.1) is 11.8 Å². The van der Waals surface area contributed by atoms with Gasteiger partial charge in [0.25, 0.3) is 0 Å². The molecule has 0 aliphatic carbocycles. The Balaban J connectivity index is 2.22. The van der Waals surface area contributed by atoms with E-state index in [0.29, 0.717) is 0 Å². The van der Waals surface area contributed by atoms with Gasteiger partial charge in [0.1, 0.15) is 5.25 Å². The molecule has 1 aliphatic rings. The lowest BCUT2D eigenvalue weighted by Gasteiger charge is -2.26. The van der Waals surface area contributed by atoms with Crippen LogP contribution in [0.2, 0.25) is 0 Å². The molecule has 1 N–H and O–H groups in total. The van der Waals surface area contributed by atoms with Crippen LogP contribution in [-0.2, 0) is 9.59 Å². The molecule has 2 rings (SSSR count). The Morgan fingerprint density at radius 3 is 2.50 bits per heavy atom. The fraction of sp³-hybridized carbons (Fsp3) is 0.333. The summed E-state index contributed by atoms with van der Waals surface area (Å²) in [6.07, 6.45) is 0.743. The molecule has 1 heterocycles. The van der Waals surface area contributed by atoms with Gasteiger partial charge in [0.2, 0.25) is 11.8 Å². The molecule has 0 saturated carbocycles. The number of carbonyl (C=O) groups is 2. The Morgan fingerprint density at radius 2 is 1.88 bits per heavy atom. The van der Waals surface area contributed by atoms with Crippen LogP contribution < -0.4 is 5.32 Å². The van der Waals surface area contributed by atoms with Crippen molar-refractivity contribution in [1.29, 1.82) is 0 Å². The topological polar surface area (TPSA) is 46.2 Å². The molecule has 1 aromatic rings. The Labute approximate surface area is 98.6 Å². The van der Waals surface area contributed by atoms with Gasteiger partial charge in [0.05, 0.1) is 5.25 Å². The second kappa shape index (κ2) is 4.70. The molecule has 3 nitrogen and oxygen atoms in total. The average Bonchev–Trinajstić information content (AvgIpc) is 2.30. The molecular formula is C12H13NO2S. The van der Waals surface area contributed by atoms with Gasteiger partial charge in [-0.3, -0.25) is 14.9 Å². The molecule has 0 radical (unpaired) electrons. The van der Waals surface area contributed by atoms with Crippen molar-refractivity contribution in [2.45, 2.75) is 23.8 Å². The van der Waals surface area contributed by atoms with E-state index < -0.39 is 0 Å². The lowest BCUT2D eigenvalue weighted by molar-refractivity contribution is -0.130. The van der Waals surface area contributed by atoms with Crippen molar-refractivity contribution in [1.82, 2.24) is 5.32 Å². The first kappa shape index (κ1) is 11.2. The van der Waals surface area contributed by atoms with Crippen LogP contribution in [-0.4, -0.2) is 17.1 Å². The Hall–Kier alpha value is -1.29. The summed E-state index contributed by atoms with van der Waals surface area (Å²) in [4.78, 5) is 23.2. The highest BCUT2D eigenvalue weighted by Gasteiger charge is 2.34. The third-order valence-corrected chi connectivity index (χ3v) is 4.18. The molecule has 4 heteroatoms. The van der Waals surface area contributed by atoms with Gasteiger partial charge in [-0.25, -0.2) is 0 Å². The molecular weight excluding hydrogens is 222 g/mol.